The normalized spacial score (nSPS) is 19.1. The molecule has 0 aliphatic heterocycles. The minimum absolute atomic E-state index is 0.0873. The highest BCUT2D eigenvalue weighted by Crippen LogP contribution is 2.38. The summed E-state index contributed by atoms with van der Waals surface area (Å²) >= 11 is 0. The molecule has 0 heterocycles. The second kappa shape index (κ2) is 13.7. The lowest BCUT2D eigenvalue weighted by Crippen LogP contribution is -2.15. The van der Waals surface area contributed by atoms with Crippen molar-refractivity contribution in [1.82, 2.24) is 0 Å². The molecule has 0 spiro atoms. The van der Waals surface area contributed by atoms with Crippen molar-refractivity contribution < 1.29 is 13.9 Å². The highest BCUT2D eigenvalue weighted by Gasteiger charge is 2.23. The van der Waals surface area contributed by atoms with Crippen molar-refractivity contribution in [2.45, 2.75) is 110 Å². The number of carbonyl (C=O) groups is 1. The summed E-state index contributed by atoms with van der Waals surface area (Å²) in [5.41, 5.74) is 3.02. The van der Waals surface area contributed by atoms with Crippen molar-refractivity contribution in [3.8, 4) is 11.1 Å². The van der Waals surface area contributed by atoms with Gasteiger partial charge in [-0.05, 0) is 86.6 Å². The van der Waals surface area contributed by atoms with Crippen LogP contribution in [0.3, 0.4) is 0 Å². The second-order valence-electron chi connectivity index (χ2n) is 10.2. The van der Waals surface area contributed by atoms with Crippen LogP contribution in [0.15, 0.2) is 42.5 Å². The third kappa shape index (κ3) is 7.68. The molecular weight excluding hydrogens is 423 g/mol. The van der Waals surface area contributed by atoms with Gasteiger partial charge in [-0.2, -0.15) is 0 Å². The number of carbonyl (C=O) groups excluding carboxylic acids is 1. The van der Waals surface area contributed by atoms with Crippen molar-refractivity contribution in [1.29, 1.82) is 0 Å². The van der Waals surface area contributed by atoms with Crippen LogP contribution in [0.2, 0.25) is 0 Å². The van der Waals surface area contributed by atoms with E-state index in [0.29, 0.717) is 17.0 Å². The van der Waals surface area contributed by atoms with E-state index >= 15 is 4.39 Å². The standard InChI is InChI=1S/C31H43FO2/c1-4-6-8-9-10-23(3)34-31(33)27-18-16-26(17-19-27)29-21-20-28(22-30(29)32)25-14-12-24(13-15-25)11-7-5-2/h16-25H,4-15H2,1-3H3/t23?,24-,25-. The zero-order chi connectivity index (χ0) is 24.3. The molecule has 34 heavy (non-hydrogen) atoms. The lowest BCUT2D eigenvalue weighted by atomic mass is 9.77. The van der Waals surface area contributed by atoms with Gasteiger partial charge in [0.2, 0.25) is 0 Å². The molecule has 0 aromatic heterocycles. The molecule has 1 unspecified atom stereocenters. The van der Waals surface area contributed by atoms with Crippen LogP contribution >= 0.6 is 0 Å². The minimum atomic E-state index is -0.306. The van der Waals surface area contributed by atoms with Crippen LogP contribution in [0.5, 0.6) is 0 Å². The van der Waals surface area contributed by atoms with Gasteiger partial charge < -0.3 is 4.74 Å². The molecule has 3 rings (SSSR count). The summed E-state index contributed by atoms with van der Waals surface area (Å²) in [7, 11) is 0. The van der Waals surface area contributed by atoms with E-state index in [4.69, 9.17) is 4.74 Å². The zero-order valence-corrected chi connectivity index (χ0v) is 21.5. The number of unbranched alkanes of at least 4 members (excludes halogenated alkanes) is 4. The molecule has 2 aromatic rings. The maximum absolute atomic E-state index is 15.0. The summed E-state index contributed by atoms with van der Waals surface area (Å²) in [5.74, 6) is 0.846. The summed E-state index contributed by atoms with van der Waals surface area (Å²) in [5, 5.41) is 0. The Bertz CT molecular complexity index is 881. The van der Waals surface area contributed by atoms with Gasteiger partial charge in [0.05, 0.1) is 11.7 Å². The molecular formula is C31H43FO2. The van der Waals surface area contributed by atoms with Gasteiger partial charge in [0, 0.05) is 5.56 Å². The van der Waals surface area contributed by atoms with E-state index in [9.17, 15) is 4.79 Å². The van der Waals surface area contributed by atoms with Gasteiger partial charge in [0.15, 0.2) is 0 Å². The molecule has 186 valence electrons. The van der Waals surface area contributed by atoms with E-state index in [-0.39, 0.29) is 17.9 Å². The highest BCUT2D eigenvalue weighted by atomic mass is 19.1. The van der Waals surface area contributed by atoms with E-state index < -0.39 is 0 Å². The number of hydrogen-bond donors (Lipinski definition) is 0. The maximum Gasteiger partial charge on any atom is 0.338 e. The molecule has 1 saturated carbocycles. The van der Waals surface area contributed by atoms with E-state index in [1.807, 2.05) is 25.1 Å². The maximum atomic E-state index is 15.0. The highest BCUT2D eigenvalue weighted by molar-refractivity contribution is 5.90. The predicted octanol–water partition coefficient (Wildman–Crippen LogP) is 9.47. The first-order chi connectivity index (χ1) is 16.5. The molecule has 1 aliphatic rings. The Kier molecular flexibility index (Phi) is 10.6. The largest absolute Gasteiger partial charge is 0.459 e. The first kappa shape index (κ1) is 26.4. The summed E-state index contributed by atoms with van der Waals surface area (Å²) in [4.78, 5) is 12.5. The molecule has 1 aliphatic carbocycles. The number of esters is 1. The SMILES string of the molecule is CCCCCCC(C)OC(=O)c1ccc(-c2ccc([C@H]3CC[C@H](CCCC)CC3)cc2F)cc1. The topological polar surface area (TPSA) is 26.3 Å². The first-order valence-electron chi connectivity index (χ1n) is 13.6. The molecule has 3 heteroatoms. The van der Waals surface area contributed by atoms with Crippen molar-refractivity contribution in [3.05, 3.63) is 59.4 Å². The van der Waals surface area contributed by atoms with E-state index in [0.717, 1.165) is 29.9 Å². The molecule has 2 nitrogen and oxygen atoms in total. The fourth-order valence-corrected chi connectivity index (χ4v) is 5.25. The average molecular weight is 467 g/mol. The van der Waals surface area contributed by atoms with Gasteiger partial charge in [-0.3, -0.25) is 0 Å². The Balaban J connectivity index is 1.55. The van der Waals surface area contributed by atoms with Crippen molar-refractivity contribution in [2.24, 2.45) is 5.92 Å². The summed E-state index contributed by atoms with van der Waals surface area (Å²) in [6, 6.07) is 12.9. The van der Waals surface area contributed by atoms with Gasteiger partial charge in [-0.1, -0.05) is 76.6 Å². The third-order valence-corrected chi connectivity index (χ3v) is 7.48. The van der Waals surface area contributed by atoms with Crippen LogP contribution in [0.25, 0.3) is 11.1 Å². The quantitative estimate of drug-likeness (QED) is 0.230. The smallest absolute Gasteiger partial charge is 0.338 e. The molecule has 2 aromatic carbocycles. The van der Waals surface area contributed by atoms with Crippen LogP contribution < -0.4 is 0 Å². The zero-order valence-electron chi connectivity index (χ0n) is 21.5. The van der Waals surface area contributed by atoms with E-state index in [1.54, 1.807) is 18.2 Å². The molecule has 0 saturated heterocycles. The van der Waals surface area contributed by atoms with Crippen LogP contribution in [0, 0.1) is 11.7 Å². The molecule has 1 atom stereocenters. The second-order valence-corrected chi connectivity index (χ2v) is 10.2. The summed E-state index contributed by atoms with van der Waals surface area (Å²) in [6.07, 6.45) is 14.3. The van der Waals surface area contributed by atoms with E-state index in [1.165, 1.54) is 64.2 Å². The Morgan fingerprint density at radius 1 is 0.941 bits per heavy atom. The van der Waals surface area contributed by atoms with Crippen LogP contribution in [-0.4, -0.2) is 12.1 Å². The Hall–Kier alpha value is -2.16. The lowest BCUT2D eigenvalue weighted by Gasteiger charge is -2.29. The molecule has 0 radical (unpaired) electrons. The molecule has 0 amide bonds. The monoisotopic (exact) mass is 466 g/mol. The fraction of sp³-hybridized carbons (Fsp3) is 0.581. The van der Waals surface area contributed by atoms with Crippen molar-refractivity contribution in [2.75, 3.05) is 0 Å². The minimum Gasteiger partial charge on any atom is -0.459 e. The lowest BCUT2D eigenvalue weighted by molar-refractivity contribution is 0.0319. The van der Waals surface area contributed by atoms with Gasteiger partial charge >= 0.3 is 5.97 Å². The predicted molar refractivity (Wildman–Crippen MR) is 140 cm³/mol. The van der Waals surface area contributed by atoms with Gasteiger partial charge in [-0.25, -0.2) is 9.18 Å². The fourth-order valence-electron chi connectivity index (χ4n) is 5.25. The number of halogens is 1. The molecule has 0 bridgehead atoms. The van der Waals surface area contributed by atoms with Crippen molar-refractivity contribution >= 4 is 5.97 Å². The Labute approximate surface area is 206 Å². The number of hydrogen-bond acceptors (Lipinski definition) is 2. The van der Waals surface area contributed by atoms with Gasteiger partial charge in [0.1, 0.15) is 5.82 Å². The van der Waals surface area contributed by atoms with E-state index in [2.05, 4.69) is 19.9 Å². The van der Waals surface area contributed by atoms with Crippen LogP contribution in [0.1, 0.15) is 120 Å². The van der Waals surface area contributed by atoms with Gasteiger partial charge in [-0.15, -0.1) is 0 Å². The Morgan fingerprint density at radius 2 is 1.65 bits per heavy atom. The average Bonchev–Trinajstić information content (AvgIpc) is 2.86. The molecule has 1 fully saturated rings. The summed E-state index contributed by atoms with van der Waals surface area (Å²) in [6.45, 7) is 6.40. The number of rotatable bonds is 12. The Morgan fingerprint density at radius 3 is 2.29 bits per heavy atom. The molecule has 0 N–H and O–H groups in total. The van der Waals surface area contributed by atoms with Crippen LogP contribution in [0.4, 0.5) is 4.39 Å². The van der Waals surface area contributed by atoms with Gasteiger partial charge in [0.25, 0.3) is 0 Å². The summed E-state index contributed by atoms with van der Waals surface area (Å²) < 4.78 is 20.6. The first-order valence-corrected chi connectivity index (χ1v) is 13.6. The number of benzene rings is 2. The third-order valence-electron chi connectivity index (χ3n) is 7.48. The van der Waals surface area contributed by atoms with Crippen molar-refractivity contribution in [3.63, 3.8) is 0 Å². The van der Waals surface area contributed by atoms with Crippen LogP contribution in [-0.2, 0) is 4.74 Å². The number of ether oxygens (including phenoxy) is 1.